The third kappa shape index (κ3) is 4.61. The quantitative estimate of drug-likeness (QED) is 0.635. The Morgan fingerprint density at radius 3 is 2.88 bits per heavy atom. The lowest BCUT2D eigenvalue weighted by molar-refractivity contribution is 0.237. The molecule has 0 N–H and O–H groups in total. The van der Waals surface area contributed by atoms with Crippen molar-refractivity contribution in [3.05, 3.63) is 22.4 Å². The molecule has 0 saturated heterocycles. The van der Waals surface area contributed by atoms with Gasteiger partial charge in [0, 0.05) is 23.3 Å². The molecule has 1 heterocycles. The smallest absolute Gasteiger partial charge is 0.0330 e. The Balaban J connectivity index is 1.77. The summed E-state index contributed by atoms with van der Waals surface area (Å²) in [6.45, 7) is 4.70. The van der Waals surface area contributed by atoms with Crippen LogP contribution in [0.15, 0.2) is 17.5 Å². The highest BCUT2D eigenvalue weighted by molar-refractivity contribution is 7.09. The zero-order valence-corrected chi connectivity index (χ0v) is 12.1. The molecule has 96 valence electrons. The van der Waals surface area contributed by atoms with E-state index in [2.05, 4.69) is 29.3 Å². The Hall–Kier alpha value is -0.0500. The topological polar surface area (TPSA) is 3.24 Å². The van der Waals surface area contributed by atoms with Gasteiger partial charge in [-0.25, -0.2) is 0 Å². The predicted octanol–water partition coefficient (Wildman–Crippen LogP) is 4.37. The summed E-state index contributed by atoms with van der Waals surface area (Å²) in [4.78, 5) is 4.17. The van der Waals surface area contributed by atoms with Gasteiger partial charge in [-0.1, -0.05) is 13.0 Å². The second kappa shape index (κ2) is 6.77. The van der Waals surface area contributed by atoms with Crippen molar-refractivity contribution in [3.63, 3.8) is 0 Å². The molecule has 2 rings (SSSR count). The molecule has 1 atom stereocenters. The van der Waals surface area contributed by atoms with Gasteiger partial charge in [0.1, 0.15) is 0 Å². The van der Waals surface area contributed by atoms with Crippen LogP contribution in [-0.2, 0) is 6.54 Å². The van der Waals surface area contributed by atoms with Crippen LogP contribution in [0.3, 0.4) is 0 Å². The summed E-state index contributed by atoms with van der Waals surface area (Å²) < 4.78 is 0. The van der Waals surface area contributed by atoms with Crippen molar-refractivity contribution in [2.24, 2.45) is 5.92 Å². The summed E-state index contributed by atoms with van der Waals surface area (Å²) in [5.74, 6) is 1.56. The van der Waals surface area contributed by atoms with Crippen molar-refractivity contribution in [2.75, 3.05) is 12.4 Å². The normalized spacial score (nSPS) is 17.6. The van der Waals surface area contributed by atoms with E-state index in [1.54, 1.807) is 0 Å². The van der Waals surface area contributed by atoms with Gasteiger partial charge in [-0.3, -0.25) is 4.90 Å². The second-order valence-corrected chi connectivity index (χ2v) is 6.56. The maximum atomic E-state index is 5.79. The van der Waals surface area contributed by atoms with Crippen LogP contribution in [0.2, 0.25) is 0 Å². The van der Waals surface area contributed by atoms with Gasteiger partial charge in [0.25, 0.3) is 0 Å². The maximum absolute atomic E-state index is 5.79. The van der Waals surface area contributed by atoms with Gasteiger partial charge in [0.05, 0.1) is 0 Å². The summed E-state index contributed by atoms with van der Waals surface area (Å²) in [6, 6.07) is 5.27. The van der Waals surface area contributed by atoms with E-state index in [-0.39, 0.29) is 0 Å². The van der Waals surface area contributed by atoms with Crippen molar-refractivity contribution in [2.45, 2.75) is 45.2 Å². The molecule has 0 amide bonds. The van der Waals surface area contributed by atoms with Gasteiger partial charge in [-0.05, 0) is 49.6 Å². The zero-order chi connectivity index (χ0) is 12.1. The van der Waals surface area contributed by atoms with Crippen molar-refractivity contribution in [1.29, 1.82) is 0 Å². The minimum absolute atomic E-state index is 0.761. The fourth-order valence-electron chi connectivity index (χ4n) is 2.15. The lowest BCUT2D eigenvalue weighted by Gasteiger charge is -2.23. The predicted molar refractivity (Wildman–Crippen MR) is 76.9 cm³/mol. The van der Waals surface area contributed by atoms with Crippen molar-refractivity contribution in [3.8, 4) is 0 Å². The third-order valence-corrected chi connectivity index (χ3v) is 4.59. The summed E-state index contributed by atoms with van der Waals surface area (Å²) in [5, 5.41) is 2.18. The van der Waals surface area contributed by atoms with Gasteiger partial charge < -0.3 is 0 Å². The van der Waals surface area contributed by atoms with Gasteiger partial charge >= 0.3 is 0 Å². The minimum atomic E-state index is 0.761. The molecule has 1 aliphatic rings. The molecule has 3 heteroatoms. The van der Waals surface area contributed by atoms with Crippen LogP contribution in [0.25, 0.3) is 0 Å². The second-order valence-electron chi connectivity index (χ2n) is 5.15. The Morgan fingerprint density at radius 1 is 1.47 bits per heavy atom. The average molecular weight is 272 g/mol. The van der Waals surface area contributed by atoms with E-state index >= 15 is 0 Å². The summed E-state index contributed by atoms with van der Waals surface area (Å²) in [5.41, 5.74) is 0. The van der Waals surface area contributed by atoms with Crippen LogP contribution in [-0.4, -0.2) is 23.4 Å². The molecular formula is C14H22ClNS. The Labute approximate surface area is 114 Å². The third-order valence-electron chi connectivity index (χ3n) is 3.51. The van der Waals surface area contributed by atoms with Gasteiger partial charge in [0.15, 0.2) is 0 Å². The fourth-order valence-corrected chi connectivity index (χ4v) is 3.25. The average Bonchev–Trinajstić information content (AvgIpc) is 3.03. The molecule has 0 aromatic carbocycles. The van der Waals surface area contributed by atoms with Crippen LogP contribution in [0, 0.1) is 5.92 Å². The Morgan fingerprint density at radius 2 is 2.29 bits per heavy atom. The molecule has 17 heavy (non-hydrogen) atoms. The first-order chi connectivity index (χ1) is 8.29. The minimum Gasteiger partial charge on any atom is -0.295 e. The highest BCUT2D eigenvalue weighted by Crippen LogP contribution is 2.29. The van der Waals surface area contributed by atoms with Crippen molar-refractivity contribution in [1.82, 2.24) is 4.90 Å². The van der Waals surface area contributed by atoms with E-state index in [9.17, 15) is 0 Å². The van der Waals surface area contributed by atoms with E-state index in [1.807, 2.05) is 11.3 Å². The molecule has 0 aliphatic heterocycles. The molecule has 1 aromatic rings. The van der Waals surface area contributed by atoms with E-state index < -0.39 is 0 Å². The molecule has 1 saturated carbocycles. The fraction of sp³-hybridized carbons (Fsp3) is 0.714. The van der Waals surface area contributed by atoms with Crippen molar-refractivity contribution >= 4 is 22.9 Å². The standard InChI is InChI=1S/C14H22ClNS/c1-12(6-8-15)7-9-16(13-4-5-13)11-14-3-2-10-17-14/h2-3,10,12-13H,4-9,11H2,1H3. The number of hydrogen-bond donors (Lipinski definition) is 0. The molecular weight excluding hydrogens is 250 g/mol. The molecule has 0 bridgehead atoms. The van der Waals surface area contributed by atoms with E-state index in [0.717, 1.165) is 30.8 Å². The van der Waals surface area contributed by atoms with Crippen LogP contribution in [0.5, 0.6) is 0 Å². The van der Waals surface area contributed by atoms with Crippen molar-refractivity contribution < 1.29 is 0 Å². The number of halogens is 1. The summed E-state index contributed by atoms with van der Waals surface area (Å²) >= 11 is 7.67. The van der Waals surface area contributed by atoms with Gasteiger partial charge in [-0.15, -0.1) is 22.9 Å². The largest absolute Gasteiger partial charge is 0.295 e. The molecule has 0 radical (unpaired) electrons. The molecule has 1 fully saturated rings. The lowest BCUT2D eigenvalue weighted by atomic mass is 10.0. The first kappa shape index (κ1) is 13.4. The summed E-state index contributed by atoms with van der Waals surface area (Å²) in [6.07, 6.45) is 5.23. The highest BCUT2D eigenvalue weighted by atomic mass is 35.5. The van der Waals surface area contributed by atoms with Gasteiger partial charge in [-0.2, -0.15) is 0 Å². The number of hydrogen-bond acceptors (Lipinski definition) is 2. The molecule has 0 spiro atoms. The number of nitrogens with zero attached hydrogens (tertiary/aromatic N) is 1. The number of thiophene rings is 1. The first-order valence-electron chi connectivity index (χ1n) is 6.62. The molecule has 1 aromatic heterocycles. The monoisotopic (exact) mass is 271 g/mol. The van der Waals surface area contributed by atoms with Crippen LogP contribution in [0.1, 0.15) is 37.5 Å². The van der Waals surface area contributed by atoms with Crippen LogP contribution < -0.4 is 0 Å². The SMILES string of the molecule is CC(CCCl)CCN(Cc1cccs1)C1CC1. The Bertz CT molecular complexity index is 308. The van der Waals surface area contributed by atoms with Crippen LogP contribution >= 0.6 is 22.9 Å². The molecule has 1 aliphatic carbocycles. The lowest BCUT2D eigenvalue weighted by Crippen LogP contribution is -2.27. The van der Waals surface area contributed by atoms with E-state index in [1.165, 1.54) is 30.7 Å². The Kier molecular flexibility index (Phi) is 5.33. The molecule has 1 nitrogen and oxygen atoms in total. The highest BCUT2D eigenvalue weighted by Gasteiger charge is 2.28. The zero-order valence-electron chi connectivity index (χ0n) is 10.6. The maximum Gasteiger partial charge on any atom is 0.0330 e. The first-order valence-corrected chi connectivity index (χ1v) is 8.03. The van der Waals surface area contributed by atoms with Gasteiger partial charge in [0.2, 0.25) is 0 Å². The van der Waals surface area contributed by atoms with Crippen LogP contribution in [0.4, 0.5) is 0 Å². The summed E-state index contributed by atoms with van der Waals surface area (Å²) in [7, 11) is 0. The number of alkyl halides is 1. The molecule has 1 unspecified atom stereocenters. The van der Waals surface area contributed by atoms with E-state index in [0.29, 0.717) is 0 Å². The van der Waals surface area contributed by atoms with E-state index in [4.69, 9.17) is 11.6 Å². The number of rotatable bonds is 8.